The summed E-state index contributed by atoms with van der Waals surface area (Å²) in [5, 5.41) is 10.4. The van der Waals surface area contributed by atoms with E-state index in [1.165, 1.54) is 19.3 Å². The molecule has 0 saturated heterocycles. The second-order valence-corrected chi connectivity index (χ2v) is 5.80. The van der Waals surface area contributed by atoms with Crippen molar-refractivity contribution in [3.05, 3.63) is 18.0 Å². The van der Waals surface area contributed by atoms with Gasteiger partial charge >= 0.3 is 0 Å². The topological polar surface area (TPSA) is 59.0 Å². The Bertz CT molecular complexity index is 441. The van der Waals surface area contributed by atoms with Crippen molar-refractivity contribution >= 4 is 18.3 Å². The summed E-state index contributed by atoms with van der Waals surface area (Å²) < 4.78 is 1.72. The molecule has 1 heterocycles. The van der Waals surface area contributed by atoms with Gasteiger partial charge in [0, 0.05) is 24.8 Å². The van der Waals surface area contributed by atoms with Gasteiger partial charge in [-0.3, -0.25) is 9.48 Å². The maximum Gasteiger partial charge on any atom is 0.242 e. The summed E-state index contributed by atoms with van der Waals surface area (Å²) in [5.74, 6) is 0.905. The smallest absolute Gasteiger partial charge is 0.242 e. The minimum absolute atomic E-state index is 0. The van der Waals surface area contributed by atoms with E-state index in [2.05, 4.69) is 22.7 Å². The van der Waals surface area contributed by atoms with Crippen LogP contribution in [0.15, 0.2) is 12.4 Å². The summed E-state index contributed by atoms with van der Waals surface area (Å²) >= 11 is 0. The average Bonchev–Trinajstić information content (AvgIpc) is 2.87. The summed E-state index contributed by atoms with van der Waals surface area (Å²) in [4.78, 5) is 12.4. The van der Waals surface area contributed by atoms with Crippen molar-refractivity contribution in [1.82, 2.24) is 20.4 Å². The van der Waals surface area contributed by atoms with Crippen LogP contribution in [0.1, 0.15) is 50.6 Å². The van der Waals surface area contributed by atoms with Gasteiger partial charge in [0.25, 0.3) is 0 Å². The normalized spacial score (nSPS) is 23.2. The Labute approximate surface area is 133 Å². The van der Waals surface area contributed by atoms with Crippen LogP contribution in [-0.4, -0.2) is 28.8 Å². The van der Waals surface area contributed by atoms with Crippen LogP contribution in [0.2, 0.25) is 0 Å². The molecule has 21 heavy (non-hydrogen) atoms. The largest absolute Gasteiger partial charge is 0.352 e. The first kappa shape index (κ1) is 18.0. The molecule has 0 aliphatic heterocycles. The number of rotatable bonds is 5. The van der Waals surface area contributed by atoms with Crippen LogP contribution < -0.4 is 10.6 Å². The van der Waals surface area contributed by atoms with Crippen LogP contribution in [0.25, 0.3) is 0 Å². The number of nitrogens with one attached hydrogen (secondary N) is 2. The van der Waals surface area contributed by atoms with Crippen molar-refractivity contribution in [3.63, 3.8) is 0 Å². The Hall–Kier alpha value is -1.07. The van der Waals surface area contributed by atoms with Gasteiger partial charge in [0.05, 0.1) is 6.20 Å². The Morgan fingerprint density at radius 3 is 2.57 bits per heavy atom. The lowest BCUT2D eigenvalue weighted by atomic mass is 9.84. The highest BCUT2D eigenvalue weighted by atomic mass is 35.5. The lowest BCUT2D eigenvalue weighted by Gasteiger charge is -2.29. The Morgan fingerprint density at radius 1 is 1.43 bits per heavy atom. The maximum absolute atomic E-state index is 12.4. The zero-order valence-corrected chi connectivity index (χ0v) is 13.9. The van der Waals surface area contributed by atoms with Gasteiger partial charge in [0.2, 0.25) is 5.91 Å². The standard InChI is InChI=1S/C15H26N4O.ClH/c1-4-11-5-7-13(8-6-11)18-15(20)14(16-2)12-9-17-19(3)10-12;/h9-11,13-14,16H,4-8H2,1-3H3,(H,18,20);1H. The van der Waals surface area contributed by atoms with Gasteiger partial charge in [-0.25, -0.2) is 0 Å². The van der Waals surface area contributed by atoms with E-state index in [9.17, 15) is 4.79 Å². The summed E-state index contributed by atoms with van der Waals surface area (Å²) in [7, 11) is 3.67. The van der Waals surface area contributed by atoms with E-state index >= 15 is 0 Å². The highest BCUT2D eigenvalue weighted by Gasteiger charge is 2.25. The molecule has 2 N–H and O–H groups in total. The van der Waals surface area contributed by atoms with Crippen molar-refractivity contribution in [2.24, 2.45) is 13.0 Å². The van der Waals surface area contributed by atoms with Crippen molar-refractivity contribution in [1.29, 1.82) is 0 Å². The molecule has 0 spiro atoms. The van der Waals surface area contributed by atoms with E-state index < -0.39 is 0 Å². The molecule has 1 unspecified atom stereocenters. The lowest BCUT2D eigenvalue weighted by Crippen LogP contribution is -2.43. The van der Waals surface area contributed by atoms with Crippen LogP contribution in [0.4, 0.5) is 0 Å². The maximum atomic E-state index is 12.4. The van der Waals surface area contributed by atoms with Crippen LogP contribution in [0.5, 0.6) is 0 Å². The van der Waals surface area contributed by atoms with Crippen LogP contribution in [0, 0.1) is 5.92 Å². The predicted molar refractivity (Wildman–Crippen MR) is 86.4 cm³/mol. The molecule has 1 amide bonds. The first-order valence-electron chi connectivity index (χ1n) is 7.60. The highest BCUT2D eigenvalue weighted by Crippen LogP contribution is 2.26. The first-order chi connectivity index (χ1) is 9.63. The summed E-state index contributed by atoms with van der Waals surface area (Å²) in [6, 6.07) is 0.0189. The van der Waals surface area contributed by atoms with Crippen molar-refractivity contribution in [3.8, 4) is 0 Å². The Morgan fingerprint density at radius 2 is 2.10 bits per heavy atom. The van der Waals surface area contributed by atoms with Crippen molar-refractivity contribution < 1.29 is 4.79 Å². The molecule has 0 aromatic carbocycles. The highest BCUT2D eigenvalue weighted by molar-refractivity contribution is 5.85. The first-order valence-corrected chi connectivity index (χ1v) is 7.60. The van der Waals surface area contributed by atoms with Crippen LogP contribution in [0.3, 0.4) is 0 Å². The number of aryl methyl sites for hydroxylation is 1. The van der Waals surface area contributed by atoms with Crippen molar-refractivity contribution in [2.75, 3.05) is 7.05 Å². The molecule has 5 nitrogen and oxygen atoms in total. The lowest BCUT2D eigenvalue weighted by molar-refractivity contribution is -0.124. The summed E-state index contributed by atoms with van der Waals surface area (Å²) in [6.45, 7) is 2.25. The van der Waals surface area contributed by atoms with Gasteiger partial charge in [-0.05, 0) is 38.6 Å². The average molecular weight is 315 g/mol. The van der Waals surface area contributed by atoms with Crippen molar-refractivity contribution in [2.45, 2.75) is 51.1 Å². The fourth-order valence-electron chi connectivity index (χ4n) is 3.04. The molecule has 6 heteroatoms. The van der Waals surface area contributed by atoms with Gasteiger partial charge in [-0.15, -0.1) is 12.4 Å². The second kappa shape index (κ2) is 8.39. The number of hydrogen-bond donors (Lipinski definition) is 2. The third kappa shape index (κ3) is 4.71. The molecule has 1 aliphatic rings. The monoisotopic (exact) mass is 314 g/mol. The molecule has 1 aliphatic carbocycles. The summed E-state index contributed by atoms with van der Waals surface area (Å²) in [6.07, 6.45) is 9.57. The Kier molecular flexibility index (Phi) is 7.18. The molecule has 120 valence electrons. The molecule has 1 aromatic heterocycles. The quantitative estimate of drug-likeness (QED) is 0.876. The zero-order valence-electron chi connectivity index (χ0n) is 13.1. The second-order valence-electron chi connectivity index (χ2n) is 5.80. The summed E-state index contributed by atoms with van der Waals surface area (Å²) in [5.41, 5.74) is 0.912. The van der Waals surface area contributed by atoms with E-state index in [-0.39, 0.29) is 24.4 Å². The molecule has 1 fully saturated rings. The molecule has 0 bridgehead atoms. The molecule has 1 saturated carbocycles. The third-order valence-corrected chi connectivity index (χ3v) is 4.38. The number of likely N-dealkylation sites (N-methyl/N-ethyl adjacent to an activating group) is 1. The number of aromatic nitrogens is 2. The fourth-order valence-corrected chi connectivity index (χ4v) is 3.04. The molecule has 1 atom stereocenters. The van der Waals surface area contributed by atoms with E-state index in [0.29, 0.717) is 6.04 Å². The number of carbonyl (C=O) groups is 1. The van der Waals surface area contributed by atoms with Crippen LogP contribution >= 0.6 is 12.4 Å². The molecular formula is C15H27ClN4O. The van der Waals surface area contributed by atoms with Crippen LogP contribution in [-0.2, 0) is 11.8 Å². The van der Waals surface area contributed by atoms with Gasteiger partial charge in [0.1, 0.15) is 6.04 Å². The molecule has 1 aromatic rings. The number of carbonyl (C=O) groups excluding carboxylic acids is 1. The number of halogens is 1. The van der Waals surface area contributed by atoms with E-state index in [1.54, 1.807) is 10.9 Å². The molecular weight excluding hydrogens is 288 g/mol. The Balaban J connectivity index is 0.00000220. The number of hydrogen-bond acceptors (Lipinski definition) is 3. The number of amides is 1. The SMILES string of the molecule is CCC1CCC(NC(=O)C(NC)c2cnn(C)c2)CC1.Cl. The van der Waals surface area contributed by atoms with E-state index in [0.717, 1.165) is 24.3 Å². The number of nitrogens with zero attached hydrogens (tertiary/aromatic N) is 2. The van der Waals surface area contributed by atoms with Gasteiger partial charge in [-0.1, -0.05) is 13.3 Å². The molecule has 0 radical (unpaired) electrons. The fraction of sp³-hybridized carbons (Fsp3) is 0.733. The molecule has 2 rings (SSSR count). The van der Waals surface area contributed by atoms with Gasteiger partial charge in [0.15, 0.2) is 0 Å². The van der Waals surface area contributed by atoms with E-state index in [4.69, 9.17) is 0 Å². The minimum atomic E-state index is -0.312. The van der Waals surface area contributed by atoms with Gasteiger partial charge in [-0.2, -0.15) is 5.10 Å². The predicted octanol–water partition coefficient (Wildman–Crippen LogP) is 2.19. The van der Waals surface area contributed by atoms with E-state index in [1.807, 2.05) is 20.3 Å². The van der Waals surface area contributed by atoms with Gasteiger partial charge < -0.3 is 10.6 Å². The zero-order chi connectivity index (χ0) is 14.5. The third-order valence-electron chi connectivity index (χ3n) is 4.38. The minimum Gasteiger partial charge on any atom is -0.352 e.